The molecule has 3 rings (SSSR count). The number of nitrogens with zero attached hydrogens (tertiary/aromatic N) is 2. The van der Waals surface area contributed by atoms with E-state index in [2.05, 4.69) is 36.4 Å². The Balaban J connectivity index is 0.000000945. The topological polar surface area (TPSA) is 117 Å². The third kappa shape index (κ3) is 7.92. The van der Waals surface area contributed by atoms with Crippen LogP contribution in [0.4, 0.5) is 0 Å². The standard InChI is InChI=1S/C21H27N5O3S.C4H10/c1-13-19(30-12-24-13)16-7-5-15(6-8-16)11-23-20(28)17-4-3-9-26(17)21(29)14(2)25-18(27)10-22;1-4(2)3/h5-8,12,14,17H,3-4,9-11,22H2,1-2H3,(H,23,28)(H,25,27);4H,1-3H3/t14-,17?;/m0./s1. The summed E-state index contributed by atoms with van der Waals surface area (Å²) in [5.74, 6) is -0.00710. The van der Waals surface area contributed by atoms with Crippen molar-refractivity contribution < 1.29 is 14.4 Å². The highest BCUT2D eigenvalue weighted by molar-refractivity contribution is 7.13. The minimum absolute atomic E-state index is 0.178. The van der Waals surface area contributed by atoms with Gasteiger partial charge in [0.2, 0.25) is 17.7 Å². The van der Waals surface area contributed by atoms with E-state index in [1.165, 1.54) is 0 Å². The van der Waals surface area contributed by atoms with Crippen molar-refractivity contribution in [3.63, 3.8) is 0 Å². The molecule has 34 heavy (non-hydrogen) atoms. The number of nitrogens with one attached hydrogen (secondary N) is 2. The lowest BCUT2D eigenvalue weighted by atomic mass is 10.1. The number of hydrogen-bond donors (Lipinski definition) is 3. The molecule has 0 saturated carbocycles. The summed E-state index contributed by atoms with van der Waals surface area (Å²) in [6.45, 7) is 10.8. The zero-order valence-electron chi connectivity index (χ0n) is 20.8. The zero-order valence-corrected chi connectivity index (χ0v) is 21.6. The van der Waals surface area contributed by atoms with E-state index in [-0.39, 0.29) is 18.4 Å². The molecular formula is C25H37N5O3S. The average Bonchev–Trinajstić information content (AvgIpc) is 3.46. The van der Waals surface area contributed by atoms with Crippen LogP contribution >= 0.6 is 11.3 Å². The number of rotatable bonds is 7. The zero-order chi connectivity index (χ0) is 25.3. The summed E-state index contributed by atoms with van der Waals surface area (Å²) in [7, 11) is 0. The smallest absolute Gasteiger partial charge is 0.245 e. The normalized spacial score (nSPS) is 16.0. The first kappa shape index (κ1) is 27.5. The second-order valence-corrected chi connectivity index (χ2v) is 9.95. The lowest BCUT2D eigenvalue weighted by Crippen LogP contribution is -2.53. The predicted octanol–water partition coefficient (Wildman–Crippen LogP) is 2.85. The first-order chi connectivity index (χ1) is 16.1. The molecule has 186 valence electrons. The van der Waals surface area contributed by atoms with Crippen LogP contribution in [0.2, 0.25) is 0 Å². The minimum Gasteiger partial charge on any atom is -0.350 e. The molecule has 3 amide bonds. The molecule has 1 aromatic carbocycles. The number of carbonyl (C=O) groups excluding carboxylic acids is 3. The summed E-state index contributed by atoms with van der Waals surface area (Å²) in [5, 5.41) is 5.49. The monoisotopic (exact) mass is 487 g/mol. The number of benzene rings is 1. The van der Waals surface area contributed by atoms with Crippen molar-refractivity contribution in [2.24, 2.45) is 11.7 Å². The Bertz CT molecular complexity index is 955. The minimum atomic E-state index is -0.711. The van der Waals surface area contributed by atoms with Gasteiger partial charge in [-0.25, -0.2) is 4.98 Å². The van der Waals surface area contributed by atoms with E-state index >= 15 is 0 Å². The van der Waals surface area contributed by atoms with Crippen molar-refractivity contribution in [2.75, 3.05) is 13.1 Å². The van der Waals surface area contributed by atoms with Gasteiger partial charge in [-0.1, -0.05) is 45.0 Å². The van der Waals surface area contributed by atoms with Crippen molar-refractivity contribution in [3.05, 3.63) is 41.0 Å². The van der Waals surface area contributed by atoms with Gasteiger partial charge in [0.25, 0.3) is 0 Å². The van der Waals surface area contributed by atoms with Gasteiger partial charge in [0.1, 0.15) is 12.1 Å². The second-order valence-electron chi connectivity index (χ2n) is 9.10. The van der Waals surface area contributed by atoms with Gasteiger partial charge in [0, 0.05) is 13.1 Å². The van der Waals surface area contributed by atoms with E-state index in [4.69, 9.17) is 5.73 Å². The molecule has 0 spiro atoms. The Hall–Kier alpha value is -2.78. The van der Waals surface area contributed by atoms with Gasteiger partial charge in [-0.3, -0.25) is 14.4 Å². The molecule has 0 radical (unpaired) electrons. The highest BCUT2D eigenvalue weighted by Gasteiger charge is 2.36. The first-order valence-electron chi connectivity index (χ1n) is 11.7. The number of amides is 3. The van der Waals surface area contributed by atoms with Crippen LogP contribution < -0.4 is 16.4 Å². The van der Waals surface area contributed by atoms with Gasteiger partial charge in [0.15, 0.2) is 0 Å². The first-order valence-corrected chi connectivity index (χ1v) is 12.6. The van der Waals surface area contributed by atoms with Crippen molar-refractivity contribution in [1.82, 2.24) is 20.5 Å². The Morgan fingerprint density at radius 2 is 1.82 bits per heavy atom. The summed E-state index contributed by atoms with van der Waals surface area (Å²) in [6.07, 6.45) is 1.36. The maximum atomic E-state index is 12.7. The van der Waals surface area contributed by atoms with E-state index in [0.29, 0.717) is 19.5 Å². The lowest BCUT2D eigenvalue weighted by Gasteiger charge is -2.27. The molecule has 1 aliphatic heterocycles. The van der Waals surface area contributed by atoms with E-state index < -0.39 is 18.0 Å². The van der Waals surface area contributed by atoms with Crippen molar-refractivity contribution in [3.8, 4) is 10.4 Å². The molecule has 0 bridgehead atoms. The molecule has 1 saturated heterocycles. The molecule has 1 aromatic heterocycles. The van der Waals surface area contributed by atoms with Crippen molar-refractivity contribution in [2.45, 2.75) is 66.1 Å². The maximum absolute atomic E-state index is 12.7. The average molecular weight is 488 g/mol. The molecule has 4 N–H and O–H groups in total. The van der Waals surface area contributed by atoms with Crippen LogP contribution in [0.3, 0.4) is 0 Å². The number of carbonyl (C=O) groups is 3. The van der Waals surface area contributed by atoms with Crippen LogP contribution in [0.1, 0.15) is 51.8 Å². The molecular weight excluding hydrogens is 450 g/mol. The van der Waals surface area contributed by atoms with Crippen LogP contribution in [-0.4, -0.2) is 52.8 Å². The lowest BCUT2D eigenvalue weighted by molar-refractivity contribution is -0.140. The molecule has 2 atom stereocenters. The highest BCUT2D eigenvalue weighted by atomic mass is 32.1. The summed E-state index contributed by atoms with van der Waals surface area (Å²) in [6, 6.07) is 6.78. The number of aryl methyl sites for hydroxylation is 1. The van der Waals surface area contributed by atoms with Crippen LogP contribution in [-0.2, 0) is 20.9 Å². The third-order valence-electron chi connectivity index (χ3n) is 5.20. The number of likely N-dealkylation sites (tertiary alicyclic amines) is 1. The van der Waals surface area contributed by atoms with Crippen LogP contribution in [0.15, 0.2) is 29.8 Å². The summed E-state index contributed by atoms with van der Waals surface area (Å²) < 4.78 is 0. The Labute approximate surface area is 206 Å². The van der Waals surface area contributed by atoms with Gasteiger partial charge >= 0.3 is 0 Å². The third-order valence-corrected chi connectivity index (χ3v) is 6.18. The summed E-state index contributed by atoms with van der Waals surface area (Å²) in [4.78, 5) is 43.8. The van der Waals surface area contributed by atoms with Crippen LogP contribution in [0, 0.1) is 12.8 Å². The quantitative estimate of drug-likeness (QED) is 0.555. The van der Waals surface area contributed by atoms with Crippen molar-refractivity contribution >= 4 is 29.1 Å². The molecule has 8 nitrogen and oxygen atoms in total. The predicted molar refractivity (Wildman–Crippen MR) is 136 cm³/mol. The number of aromatic nitrogens is 1. The largest absolute Gasteiger partial charge is 0.350 e. The van der Waals surface area contributed by atoms with Gasteiger partial charge in [-0.15, -0.1) is 11.3 Å². The van der Waals surface area contributed by atoms with Crippen molar-refractivity contribution in [1.29, 1.82) is 0 Å². The Kier molecular flexibility index (Phi) is 10.7. The fourth-order valence-corrected chi connectivity index (χ4v) is 4.39. The summed E-state index contributed by atoms with van der Waals surface area (Å²) >= 11 is 1.60. The Morgan fingerprint density at radius 3 is 2.38 bits per heavy atom. The van der Waals surface area contributed by atoms with Gasteiger partial charge in [-0.2, -0.15) is 0 Å². The fourth-order valence-electron chi connectivity index (χ4n) is 3.57. The number of thiazole rings is 1. The van der Waals surface area contributed by atoms with Gasteiger partial charge in [-0.05, 0) is 43.7 Å². The Morgan fingerprint density at radius 1 is 1.18 bits per heavy atom. The fraction of sp³-hybridized carbons (Fsp3) is 0.520. The van der Waals surface area contributed by atoms with Crippen LogP contribution in [0.5, 0.6) is 0 Å². The molecule has 2 heterocycles. The van der Waals surface area contributed by atoms with E-state index in [0.717, 1.165) is 34.0 Å². The number of hydrogen-bond acceptors (Lipinski definition) is 6. The summed E-state index contributed by atoms with van der Waals surface area (Å²) in [5.41, 5.74) is 10.2. The molecule has 1 fully saturated rings. The molecule has 0 aliphatic carbocycles. The molecule has 1 aliphatic rings. The number of nitrogens with two attached hydrogens (primary N) is 1. The highest BCUT2D eigenvalue weighted by Crippen LogP contribution is 2.27. The SMILES string of the molecule is CC(C)C.Cc1ncsc1-c1ccc(CNC(=O)C2CCCN2C(=O)[C@H](C)NC(=O)CN)cc1. The maximum Gasteiger partial charge on any atom is 0.245 e. The molecule has 2 aromatic rings. The van der Waals surface area contributed by atoms with Gasteiger partial charge < -0.3 is 21.3 Å². The molecule has 1 unspecified atom stereocenters. The van der Waals surface area contributed by atoms with E-state index in [1.54, 1.807) is 23.2 Å². The van der Waals surface area contributed by atoms with E-state index in [1.807, 2.05) is 36.7 Å². The van der Waals surface area contributed by atoms with E-state index in [9.17, 15) is 14.4 Å². The molecule has 9 heteroatoms. The van der Waals surface area contributed by atoms with Gasteiger partial charge in [0.05, 0.1) is 22.6 Å². The second kappa shape index (κ2) is 13.2. The van der Waals surface area contributed by atoms with Crippen LogP contribution in [0.25, 0.3) is 10.4 Å².